The second-order valence-corrected chi connectivity index (χ2v) is 4.77. The standard InChI is InChI=1S/C11H19NS/c1-9(2)12(10(3)4)7-11-5-6-13-8-11/h5-6,8-10H,7H2,1-4H3. The molecule has 0 unspecified atom stereocenters. The predicted octanol–water partition coefficient (Wildman–Crippen LogP) is 3.37. The van der Waals surface area contributed by atoms with E-state index in [4.69, 9.17) is 0 Å². The maximum Gasteiger partial charge on any atom is 0.0247 e. The molecule has 0 N–H and O–H groups in total. The summed E-state index contributed by atoms with van der Waals surface area (Å²) in [4.78, 5) is 2.50. The molecular weight excluding hydrogens is 178 g/mol. The van der Waals surface area contributed by atoms with E-state index >= 15 is 0 Å². The van der Waals surface area contributed by atoms with Crippen molar-refractivity contribution < 1.29 is 0 Å². The van der Waals surface area contributed by atoms with Crippen molar-refractivity contribution in [2.24, 2.45) is 0 Å². The second-order valence-electron chi connectivity index (χ2n) is 3.99. The molecule has 1 aromatic heterocycles. The fourth-order valence-electron chi connectivity index (χ4n) is 1.55. The third kappa shape index (κ3) is 3.12. The predicted molar refractivity (Wildman–Crippen MR) is 60.1 cm³/mol. The molecule has 2 heteroatoms. The summed E-state index contributed by atoms with van der Waals surface area (Å²) < 4.78 is 0. The van der Waals surface area contributed by atoms with Gasteiger partial charge < -0.3 is 0 Å². The molecular formula is C11H19NS. The van der Waals surface area contributed by atoms with Crippen LogP contribution in [0.1, 0.15) is 33.3 Å². The van der Waals surface area contributed by atoms with Gasteiger partial charge in [-0.3, -0.25) is 4.90 Å². The van der Waals surface area contributed by atoms with Crippen LogP contribution >= 0.6 is 11.3 Å². The zero-order valence-electron chi connectivity index (χ0n) is 8.95. The van der Waals surface area contributed by atoms with Gasteiger partial charge >= 0.3 is 0 Å². The Morgan fingerprint density at radius 1 is 1.23 bits per heavy atom. The van der Waals surface area contributed by atoms with Gasteiger partial charge in [-0.05, 0) is 50.1 Å². The maximum absolute atomic E-state index is 2.50. The van der Waals surface area contributed by atoms with Gasteiger partial charge in [0.15, 0.2) is 0 Å². The SMILES string of the molecule is CC(C)N(Cc1ccsc1)C(C)C. The molecule has 13 heavy (non-hydrogen) atoms. The van der Waals surface area contributed by atoms with E-state index in [0.29, 0.717) is 12.1 Å². The Morgan fingerprint density at radius 2 is 1.85 bits per heavy atom. The fourth-order valence-corrected chi connectivity index (χ4v) is 2.21. The Hall–Kier alpha value is -0.340. The van der Waals surface area contributed by atoms with Crippen LogP contribution in [0.4, 0.5) is 0 Å². The minimum Gasteiger partial charge on any atom is -0.294 e. The lowest BCUT2D eigenvalue weighted by Crippen LogP contribution is -2.36. The minimum absolute atomic E-state index is 0.625. The second kappa shape index (κ2) is 4.77. The van der Waals surface area contributed by atoms with Crippen LogP contribution < -0.4 is 0 Å². The van der Waals surface area contributed by atoms with Crippen molar-refractivity contribution in [2.45, 2.75) is 46.3 Å². The first kappa shape index (κ1) is 10.7. The third-order valence-corrected chi connectivity index (χ3v) is 3.00. The van der Waals surface area contributed by atoms with E-state index in [1.165, 1.54) is 5.56 Å². The van der Waals surface area contributed by atoms with Gasteiger partial charge in [-0.2, -0.15) is 11.3 Å². The number of thiophene rings is 1. The molecule has 0 aromatic carbocycles. The molecule has 0 aliphatic heterocycles. The third-order valence-electron chi connectivity index (χ3n) is 2.27. The molecule has 0 aliphatic rings. The van der Waals surface area contributed by atoms with E-state index in [2.05, 4.69) is 49.4 Å². The maximum atomic E-state index is 2.50. The van der Waals surface area contributed by atoms with E-state index in [-0.39, 0.29) is 0 Å². The summed E-state index contributed by atoms with van der Waals surface area (Å²) in [6.45, 7) is 10.1. The van der Waals surface area contributed by atoms with Gasteiger partial charge in [0.1, 0.15) is 0 Å². The summed E-state index contributed by atoms with van der Waals surface area (Å²) in [5, 5.41) is 4.38. The number of hydrogen-bond donors (Lipinski definition) is 0. The van der Waals surface area contributed by atoms with E-state index in [9.17, 15) is 0 Å². The molecule has 0 fully saturated rings. The first-order chi connectivity index (χ1) is 6.11. The van der Waals surface area contributed by atoms with Crippen molar-refractivity contribution >= 4 is 11.3 Å². The molecule has 0 radical (unpaired) electrons. The summed E-state index contributed by atoms with van der Waals surface area (Å²) in [5.41, 5.74) is 1.44. The van der Waals surface area contributed by atoms with E-state index in [1.807, 2.05) is 0 Å². The lowest BCUT2D eigenvalue weighted by Gasteiger charge is -2.30. The van der Waals surface area contributed by atoms with Crippen LogP contribution in [0.3, 0.4) is 0 Å². The van der Waals surface area contributed by atoms with Crippen LogP contribution in [0.15, 0.2) is 16.8 Å². The minimum atomic E-state index is 0.625. The summed E-state index contributed by atoms with van der Waals surface area (Å²) >= 11 is 1.78. The van der Waals surface area contributed by atoms with Gasteiger partial charge in [-0.15, -0.1) is 0 Å². The highest BCUT2D eigenvalue weighted by molar-refractivity contribution is 7.07. The monoisotopic (exact) mass is 197 g/mol. The summed E-state index contributed by atoms with van der Waals surface area (Å²) in [6.07, 6.45) is 0. The summed E-state index contributed by atoms with van der Waals surface area (Å²) in [7, 11) is 0. The van der Waals surface area contributed by atoms with Crippen LogP contribution in [0, 0.1) is 0 Å². The van der Waals surface area contributed by atoms with Crippen LogP contribution in [0.25, 0.3) is 0 Å². The highest BCUT2D eigenvalue weighted by Crippen LogP contribution is 2.14. The molecule has 1 heterocycles. The van der Waals surface area contributed by atoms with Crippen LogP contribution in [-0.2, 0) is 6.54 Å². The number of rotatable bonds is 4. The Kier molecular flexibility index (Phi) is 3.94. The van der Waals surface area contributed by atoms with Gasteiger partial charge in [0, 0.05) is 18.6 Å². The van der Waals surface area contributed by atoms with Crippen molar-refractivity contribution in [2.75, 3.05) is 0 Å². The quantitative estimate of drug-likeness (QED) is 0.715. The normalized spacial score (nSPS) is 11.9. The van der Waals surface area contributed by atoms with Crippen molar-refractivity contribution in [3.8, 4) is 0 Å². The zero-order chi connectivity index (χ0) is 9.84. The van der Waals surface area contributed by atoms with Crippen molar-refractivity contribution in [3.05, 3.63) is 22.4 Å². The summed E-state index contributed by atoms with van der Waals surface area (Å²) in [6, 6.07) is 3.46. The highest BCUT2D eigenvalue weighted by Gasteiger charge is 2.13. The van der Waals surface area contributed by atoms with Gasteiger partial charge in [-0.1, -0.05) is 0 Å². The Balaban J connectivity index is 2.58. The van der Waals surface area contributed by atoms with Crippen molar-refractivity contribution in [1.29, 1.82) is 0 Å². The van der Waals surface area contributed by atoms with Crippen molar-refractivity contribution in [3.63, 3.8) is 0 Å². The molecule has 0 aliphatic carbocycles. The number of nitrogens with zero attached hydrogens (tertiary/aromatic N) is 1. The van der Waals surface area contributed by atoms with Gasteiger partial charge in [0.2, 0.25) is 0 Å². The van der Waals surface area contributed by atoms with Crippen LogP contribution in [0.2, 0.25) is 0 Å². The average molecular weight is 197 g/mol. The molecule has 0 saturated heterocycles. The Labute approximate surface area is 85.4 Å². The Bertz CT molecular complexity index is 218. The molecule has 0 spiro atoms. The first-order valence-corrected chi connectivity index (χ1v) is 5.82. The fraction of sp³-hybridized carbons (Fsp3) is 0.636. The van der Waals surface area contributed by atoms with E-state index in [1.54, 1.807) is 11.3 Å². The molecule has 0 bridgehead atoms. The van der Waals surface area contributed by atoms with Gasteiger partial charge in [0.05, 0.1) is 0 Å². The molecule has 1 nitrogen and oxygen atoms in total. The topological polar surface area (TPSA) is 3.24 Å². The lowest BCUT2D eigenvalue weighted by molar-refractivity contribution is 0.166. The average Bonchev–Trinajstić information content (AvgIpc) is 2.50. The largest absolute Gasteiger partial charge is 0.294 e. The Morgan fingerprint density at radius 3 is 2.23 bits per heavy atom. The molecule has 0 amide bonds. The van der Waals surface area contributed by atoms with Crippen LogP contribution in [-0.4, -0.2) is 17.0 Å². The zero-order valence-corrected chi connectivity index (χ0v) is 9.77. The van der Waals surface area contributed by atoms with Crippen LogP contribution in [0.5, 0.6) is 0 Å². The number of hydrogen-bond acceptors (Lipinski definition) is 2. The smallest absolute Gasteiger partial charge is 0.0247 e. The molecule has 0 atom stereocenters. The summed E-state index contributed by atoms with van der Waals surface area (Å²) in [5.74, 6) is 0. The lowest BCUT2D eigenvalue weighted by atomic mass is 10.2. The highest BCUT2D eigenvalue weighted by atomic mass is 32.1. The molecule has 1 aromatic rings. The van der Waals surface area contributed by atoms with Gasteiger partial charge in [0.25, 0.3) is 0 Å². The van der Waals surface area contributed by atoms with E-state index < -0.39 is 0 Å². The molecule has 74 valence electrons. The molecule has 0 saturated carbocycles. The van der Waals surface area contributed by atoms with Crippen molar-refractivity contribution in [1.82, 2.24) is 4.90 Å². The molecule has 1 rings (SSSR count). The van der Waals surface area contributed by atoms with E-state index in [0.717, 1.165) is 6.54 Å². The first-order valence-electron chi connectivity index (χ1n) is 4.88. The van der Waals surface area contributed by atoms with Gasteiger partial charge in [-0.25, -0.2) is 0 Å².